The molecule has 0 spiro atoms. The lowest BCUT2D eigenvalue weighted by Crippen LogP contribution is -2.45. The van der Waals surface area contributed by atoms with Crippen molar-refractivity contribution in [3.63, 3.8) is 0 Å². The van der Waals surface area contributed by atoms with Crippen molar-refractivity contribution in [3.8, 4) is 0 Å². The molecule has 0 amide bonds. The maximum atomic E-state index is 5.19. The quantitative estimate of drug-likeness (QED) is 0.345. The van der Waals surface area contributed by atoms with Crippen molar-refractivity contribution in [3.05, 3.63) is 0 Å². The predicted molar refractivity (Wildman–Crippen MR) is 25.8 cm³/mol. The van der Waals surface area contributed by atoms with Crippen LogP contribution in [0.4, 0.5) is 0 Å². The lowest BCUT2D eigenvalue weighted by atomic mass is 10.3. The fraction of sp³-hybridized carbons (Fsp3) is 1.00. The molecule has 6 N–H and O–H groups in total. The second-order valence-electron chi connectivity index (χ2n) is 1.44. The Hall–Kier alpha value is -0.120. The van der Waals surface area contributed by atoms with Crippen molar-refractivity contribution in [2.45, 2.75) is 19.1 Å². The standard InChI is InChI=1S/C3H11N3/c1-2(4)3(5)6/h2-3H,4-6H2,1H3/t2-/m1/s1. The van der Waals surface area contributed by atoms with Crippen molar-refractivity contribution >= 4 is 0 Å². The van der Waals surface area contributed by atoms with Gasteiger partial charge in [-0.15, -0.1) is 0 Å². The van der Waals surface area contributed by atoms with Crippen LogP contribution in [0.15, 0.2) is 0 Å². The molecular formula is C3H11N3. The first-order valence-electron chi connectivity index (χ1n) is 1.91. The van der Waals surface area contributed by atoms with Gasteiger partial charge in [0.1, 0.15) is 0 Å². The summed E-state index contributed by atoms with van der Waals surface area (Å²) in [6.07, 6.45) is -0.370. The minimum Gasteiger partial charge on any atom is -0.325 e. The van der Waals surface area contributed by atoms with E-state index in [-0.39, 0.29) is 12.2 Å². The normalized spacial score (nSPS) is 15.5. The Balaban J connectivity index is 2.99. The minimum atomic E-state index is -0.370. The molecule has 0 aliphatic rings. The van der Waals surface area contributed by atoms with Gasteiger partial charge < -0.3 is 17.2 Å². The largest absolute Gasteiger partial charge is 0.325 e. The fourth-order valence-corrected chi connectivity index (χ4v) is 0. The molecule has 0 aromatic carbocycles. The smallest absolute Gasteiger partial charge is 0.0674 e. The van der Waals surface area contributed by atoms with E-state index in [0.29, 0.717) is 0 Å². The van der Waals surface area contributed by atoms with Crippen molar-refractivity contribution in [1.82, 2.24) is 0 Å². The minimum absolute atomic E-state index is 0.0926. The van der Waals surface area contributed by atoms with Crippen LogP contribution in [0, 0.1) is 0 Å². The Morgan fingerprint density at radius 1 is 1.17 bits per heavy atom. The molecule has 0 bridgehead atoms. The van der Waals surface area contributed by atoms with Crippen molar-refractivity contribution in [1.29, 1.82) is 0 Å². The maximum absolute atomic E-state index is 5.19. The van der Waals surface area contributed by atoms with Crippen LogP contribution in [0.5, 0.6) is 0 Å². The SMILES string of the molecule is C[C@@H](N)C(N)N. The highest BCUT2D eigenvalue weighted by Crippen LogP contribution is 1.69. The Bertz CT molecular complexity index is 27.0. The molecule has 0 unspecified atom stereocenters. The zero-order chi connectivity index (χ0) is 5.15. The van der Waals surface area contributed by atoms with Gasteiger partial charge in [-0.25, -0.2) is 0 Å². The van der Waals surface area contributed by atoms with Gasteiger partial charge >= 0.3 is 0 Å². The monoisotopic (exact) mass is 89.1 g/mol. The summed E-state index contributed by atoms with van der Waals surface area (Å²) >= 11 is 0. The van der Waals surface area contributed by atoms with E-state index in [4.69, 9.17) is 17.2 Å². The first-order valence-corrected chi connectivity index (χ1v) is 1.91. The van der Waals surface area contributed by atoms with E-state index in [1.165, 1.54) is 0 Å². The van der Waals surface area contributed by atoms with Gasteiger partial charge in [0.15, 0.2) is 0 Å². The van der Waals surface area contributed by atoms with E-state index < -0.39 is 0 Å². The first kappa shape index (κ1) is 5.88. The van der Waals surface area contributed by atoms with Gasteiger partial charge in [-0.1, -0.05) is 0 Å². The molecule has 0 aromatic rings. The summed E-state index contributed by atoms with van der Waals surface area (Å²) in [5.74, 6) is 0. The van der Waals surface area contributed by atoms with Crippen LogP contribution < -0.4 is 17.2 Å². The lowest BCUT2D eigenvalue weighted by molar-refractivity contribution is 0.580. The van der Waals surface area contributed by atoms with Gasteiger partial charge in [-0.05, 0) is 6.92 Å². The number of hydrogen-bond donors (Lipinski definition) is 3. The van der Waals surface area contributed by atoms with Gasteiger partial charge in [0.2, 0.25) is 0 Å². The predicted octanol–water partition coefficient (Wildman–Crippen LogP) is -1.42. The number of hydrogen-bond acceptors (Lipinski definition) is 3. The summed E-state index contributed by atoms with van der Waals surface area (Å²) in [6, 6.07) is -0.0926. The van der Waals surface area contributed by atoms with Crippen LogP contribution >= 0.6 is 0 Å². The third-order valence-electron chi connectivity index (χ3n) is 0.607. The Labute approximate surface area is 37.5 Å². The van der Waals surface area contributed by atoms with Gasteiger partial charge in [0.05, 0.1) is 6.17 Å². The van der Waals surface area contributed by atoms with Gasteiger partial charge in [-0.2, -0.15) is 0 Å². The van der Waals surface area contributed by atoms with E-state index in [2.05, 4.69) is 0 Å². The molecule has 0 saturated carbocycles. The highest BCUT2D eigenvalue weighted by atomic mass is 14.9. The molecular weight excluding hydrogens is 78.1 g/mol. The van der Waals surface area contributed by atoms with Crippen LogP contribution in [0.25, 0.3) is 0 Å². The summed E-state index contributed by atoms with van der Waals surface area (Å²) in [6.45, 7) is 1.77. The Morgan fingerprint density at radius 2 is 1.33 bits per heavy atom. The number of rotatable bonds is 1. The Kier molecular flexibility index (Phi) is 2.08. The van der Waals surface area contributed by atoms with Crippen LogP contribution in [0.2, 0.25) is 0 Å². The molecule has 3 nitrogen and oxygen atoms in total. The molecule has 0 aromatic heterocycles. The first-order chi connectivity index (χ1) is 2.64. The summed E-state index contributed by atoms with van der Waals surface area (Å²) in [7, 11) is 0. The summed E-state index contributed by atoms with van der Waals surface area (Å²) < 4.78 is 0. The topological polar surface area (TPSA) is 78.1 Å². The third-order valence-corrected chi connectivity index (χ3v) is 0.607. The molecule has 1 atom stereocenters. The van der Waals surface area contributed by atoms with Crippen molar-refractivity contribution in [2.24, 2.45) is 17.2 Å². The van der Waals surface area contributed by atoms with Crippen LogP contribution in [0.3, 0.4) is 0 Å². The summed E-state index contributed by atoms with van der Waals surface area (Å²) in [5.41, 5.74) is 15.4. The van der Waals surface area contributed by atoms with Crippen LogP contribution in [-0.4, -0.2) is 12.2 Å². The highest BCUT2D eigenvalue weighted by molar-refractivity contribution is 4.61. The number of nitrogens with two attached hydrogens (primary N) is 3. The van der Waals surface area contributed by atoms with E-state index in [9.17, 15) is 0 Å². The fourth-order valence-electron chi connectivity index (χ4n) is 0. The second kappa shape index (κ2) is 2.12. The maximum Gasteiger partial charge on any atom is 0.0674 e. The molecule has 0 fully saturated rings. The molecule has 3 heteroatoms. The lowest BCUT2D eigenvalue weighted by Gasteiger charge is -2.06. The highest BCUT2D eigenvalue weighted by Gasteiger charge is 1.96. The summed E-state index contributed by atoms with van der Waals surface area (Å²) in [4.78, 5) is 0. The zero-order valence-electron chi connectivity index (χ0n) is 3.89. The molecule has 0 aliphatic heterocycles. The average molecular weight is 89.1 g/mol. The van der Waals surface area contributed by atoms with Gasteiger partial charge in [-0.3, -0.25) is 0 Å². The van der Waals surface area contributed by atoms with Gasteiger partial charge in [0, 0.05) is 6.04 Å². The Morgan fingerprint density at radius 3 is 1.33 bits per heavy atom. The van der Waals surface area contributed by atoms with E-state index in [0.717, 1.165) is 0 Å². The third kappa shape index (κ3) is 2.14. The second-order valence-corrected chi connectivity index (χ2v) is 1.44. The zero-order valence-corrected chi connectivity index (χ0v) is 3.89. The molecule has 6 heavy (non-hydrogen) atoms. The van der Waals surface area contributed by atoms with Crippen LogP contribution in [-0.2, 0) is 0 Å². The van der Waals surface area contributed by atoms with Crippen LogP contribution in [0.1, 0.15) is 6.92 Å². The van der Waals surface area contributed by atoms with E-state index in [1.807, 2.05) is 0 Å². The molecule has 0 radical (unpaired) electrons. The molecule has 0 heterocycles. The average Bonchev–Trinajstić information content (AvgIpc) is 1.36. The molecule has 0 saturated heterocycles. The molecule has 0 rings (SSSR count). The summed E-state index contributed by atoms with van der Waals surface area (Å²) in [5, 5.41) is 0. The van der Waals surface area contributed by atoms with E-state index >= 15 is 0 Å². The van der Waals surface area contributed by atoms with Crippen molar-refractivity contribution < 1.29 is 0 Å². The van der Waals surface area contributed by atoms with Crippen molar-refractivity contribution in [2.75, 3.05) is 0 Å². The van der Waals surface area contributed by atoms with E-state index in [1.54, 1.807) is 6.92 Å². The molecule has 38 valence electrons. The molecule has 0 aliphatic carbocycles. The van der Waals surface area contributed by atoms with Gasteiger partial charge in [0.25, 0.3) is 0 Å².